The second-order valence-electron chi connectivity index (χ2n) is 11.7. The van der Waals surface area contributed by atoms with E-state index in [-0.39, 0.29) is 0 Å². The first-order valence-electron chi connectivity index (χ1n) is 16.4. The number of hydrogen-bond acceptors (Lipinski definition) is 0. The van der Waals surface area contributed by atoms with E-state index in [0.717, 1.165) is 0 Å². The fourth-order valence-corrected chi connectivity index (χ4v) is 6.03. The number of aromatic amines is 1. The van der Waals surface area contributed by atoms with Gasteiger partial charge in [-0.25, -0.2) is 4.57 Å². The highest BCUT2D eigenvalue weighted by atomic mass is 15.1. The first kappa shape index (κ1) is 31.6. The number of H-pyrrole nitrogens is 1. The fraction of sp³-hybridized carbons (Fsp3) is 0.743. The number of unbranched alkanes of at least 4 members (excludes halogenated alkanes) is 17. The predicted molar refractivity (Wildman–Crippen MR) is 162 cm³/mol. The Morgan fingerprint density at radius 3 is 1.59 bits per heavy atom. The Morgan fingerprint density at radius 1 is 0.595 bits per heavy atom. The number of hydrogen-bond donors (Lipinski definition) is 1. The zero-order valence-corrected chi connectivity index (χ0v) is 24.8. The lowest BCUT2D eigenvalue weighted by Gasteiger charge is -2.25. The average Bonchev–Trinajstić information content (AvgIpc) is 3.46. The van der Waals surface area contributed by atoms with Crippen molar-refractivity contribution in [3.8, 4) is 0 Å². The van der Waals surface area contributed by atoms with Gasteiger partial charge in [-0.2, -0.15) is 0 Å². The predicted octanol–water partition coefficient (Wildman–Crippen LogP) is 10.9. The smallest absolute Gasteiger partial charge is 0.241 e. The molecular weight excluding hydrogens is 448 g/mol. The van der Waals surface area contributed by atoms with Crippen LogP contribution in [0.2, 0.25) is 0 Å². The van der Waals surface area contributed by atoms with Crippen LogP contribution in [0.15, 0.2) is 49.1 Å². The van der Waals surface area contributed by atoms with Gasteiger partial charge in [0.1, 0.15) is 18.4 Å². The van der Waals surface area contributed by atoms with Gasteiger partial charge in [0.25, 0.3) is 0 Å². The number of benzene rings is 1. The van der Waals surface area contributed by atoms with Gasteiger partial charge >= 0.3 is 0 Å². The lowest BCUT2D eigenvalue weighted by Crippen LogP contribution is -2.42. The molecule has 1 N–H and O–H groups in total. The van der Waals surface area contributed by atoms with Gasteiger partial charge in [-0.05, 0) is 31.2 Å². The maximum absolute atomic E-state index is 3.31. The summed E-state index contributed by atoms with van der Waals surface area (Å²) in [6, 6.07) is 11.8. The minimum Gasteiger partial charge on any atom is -0.250 e. The summed E-state index contributed by atoms with van der Waals surface area (Å²) in [5, 5.41) is 0. The van der Waals surface area contributed by atoms with Crippen LogP contribution in [-0.2, 0) is 6.42 Å². The summed E-state index contributed by atoms with van der Waals surface area (Å²) in [5.74, 6) is 0.712. The second kappa shape index (κ2) is 22.4. The Bertz CT molecular complexity index is 708. The number of nitrogens with zero attached hydrogens (tertiary/aromatic N) is 1. The summed E-state index contributed by atoms with van der Waals surface area (Å²) in [5.41, 5.74) is 1.49. The van der Waals surface area contributed by atoms with E-state index in [0.29, 0.717) is 12.0 Å². The van der Waals surface area contributed by atoms with Crippen LogP contribution in [0.25, 0.3) is 0 Å². The Labute approximate surface area is 231 Å². The number of aromatic nitrogens is 2. The van der Waals surface area contributed by atoms with E-state index in [4.69, 9.17) is 0 Å². The fourth-order valence-electron chi connectivity index (χ4n) is 6.03. The normalized spacial score (nSPS) is 13.1. The molecule has 1 aromatic carbocycles. The van der Waals surface area contributed by atoms with Crippen LogP contribution in [0.4, 0.5) is 0 Å². The van der Waals surface area contributed by atoms with E-state index in [1.165, 1.54) is 147 Å². The second-order valence-corrected chi connectivity index (χ2v) is 11.7. The van der Waals surface area contributed by atoms with E-state index in [1.807, 2.05) is 0 Å². The van der Waals surface area contributed by atoms with Gasteiger partial charge in [0, 0.05) is 5.92 Å². The average molecular weight is 510 g/mol. The lowest BCUT2D eigenvalue weighted by molar-refractivity contribution is -0.730. The molecule has 2 unspecified atom stereocenters. The van der Waals surface area contributed by atoms with Crippen LogP contribution in [0, 0.1) is 5.92 Å². The summed E-state index contributed by atoms with van der Waals surface area (Å²) in [7, 11) is 0. The summed E-state index contributed by atoms with van der Waals surface area (Å²) < 4.78 is 2.47. The van der Waals surface area contributed by atoms with Crippen LogP contribution in [0.1, 0.15) is 160 Å². The van der Waals surface area contributed by atoms with E-state index in [2.05, 4.69) is 72.5 Å². The van der Waals surface area contributed by atoms with Crippen molar-refractivity contribution in [3.05, 3.63) is 54.6 Å². The van der Waals surface area contributed by atoms with Crippen molar-refractivity contribution in [1.29, 1.82) is 0 Å². The van der Waals surface area contributed by atoms with Gasteiger partial charge in [-0.15, -0.1) is 0 Å². The maximum atomic E-state index is 3.31. The van der Waals surface area contributed by atoms with Gasteiger partial charge in [-0.3, -0.25) is 4.98 Å². The zero-order chi connectivity index (χ0) is 26.2. The van der Waals surface area contributed by atoms with Crippen molar-refractivity contribution in [3.63, 3.8) is 0 Å². The van der Waals surface area contributed by atoms with Crippen LogP contribution in [0.3, 0.4) is 0 Å². The van der Waals surface area contributed by atoms with Gasteiger partial charge < -0.3 is 0 Å². The first-order chi connectivity index (χ1) is 18.3. The zero-order valence-electron chi connectivity index (χ0n) is 24.8. The van der Waals surface area contributed by atoms with Gasteiger partial charge in [0.2, 0.25) is 6.33 Å². The van der Waals surface area contributed by atoms with Gasteiger partial charge in [0.05, 0.1) is 0 Å². The molecule has 2 atom stereocenters. The van der Waals surface area contributed by atoms with Crippen LogP contribution in [-0.4, -0.2) is 4.98 Å². The molecular formula is C35H61N2+. The van der Waals surface area contributed by atoms with Crippen LogP contribution < -0.4 is 4.57 Å². The lowest BCUT2D eigenvalue weighted by atomic mass is 9.85. The molecule has 37 heavy (non-hydrogen) atoms. The van der Waals surface area contributed by atoms with Crippen molar-refractivity contribution in [1.82, 2.24) is 4.98 Å². The van der Waals surface area contributed by atoms with E-state index < -0.39 is 0 Å². The van der Waals surface area contributed by atoms with E-state index in [1.54, 1.807) is 0 Å². The third kappa shape index (κ3) is 15.4. The molecule has 2 heteroatoms. The van der Waals surface area contributed by atoms with E-state index >= 15 is 0 Å². The minimum atomic E-state index is 0.606. The molecule has 210 valence electrons. The number of nitrogens with one attached hydrogen (secondary N) is 1. The standard InChI is InChI=1S/C35H60N2/c1-3-5-7-8-9-10-11-12-13-14-15-16-17-18-19-20-24-28-35(37-30-29-36-32-37)34(27-6-4-2)31-33-25-22-21-23-26-33/h21-23,25-26,29-30,32,34-35H,3-20,24,27-28,31H2,1-2H3/p+1. The largest absolute Gasteiger partial charge is 0.250 e. The molecule has 0 amide bonds. The monoisotopic (exact) mass is 509 g/mol. The van der Waals surface area contributed by atoms with Crippen molar-refractivity contribution in [2.24, 2.45) is 5.92 Å². The number of rotatable bonds is 25. The molecule has 0 aliphatic rings. The van der Waals surface area contributed by atoms with E-state index in [9.17, 15) is 0 Å². The highest BCUT2D eigenvalue weighted by Crippen LogP contribution is 2.28. The SMILES string of the molecule is CCCCCCCCCCCCCCCCCCCC(C(CCCC)Cc1ccccc1)[n+]1cc[nH]c1. The molecule has 2 nitrogen and oxygen atoms in total. The molecule has 0 radical (unpaired) electrons. The van der Waals surface area contributed by atoms with Crippen molar-refractivity contribution in [2.75, 3.05) is 0 Å². The van der Waals surface area contributed by atoms with Crippen LogP contribution >= 0.6 is 0 Å². The van der Waals surface area contributed by atoms with Crippen molar-refractivity contribution in [2.45, 2.75) is 161 Å². The molecule has 2 aromatic rings. The molecule has 0 saturated carbocycles. The topological polar surface area (TPSA) is 19.7 Å². The molecule has 0 saturated heterocycles. The Hall–Kier alpha value is -1.57. The molecule has 0 aliphatic carbocycles. The quantitative estimate of drug-likeness (QED) is 0.101. The summed E-state index contributed by atoms with van der Waals surface area (Å²) in [6.07, 6.45) is 37.5. The van der Waals surface area contributed by atoms with Crippen LogP contribution in [0.5, 0.6) is 0 Å². The van der Waals surface area contributed by atoms with Crippen molar-refractivity contribution < 1.29 is 4.57 Å². The summed E-state index contributed by atoms with van der Waals surface area (Å²) >= 11 is 0. The minimum absolute atomic E-state index is 0.606. The Kier molecular flexibility index (Phi) is 19.2. The Morgan fingerprint density at radius 2 is 1.11 bits per heavy atom. The third-order valence-corrected chi connectivity index (χ3v) is 8.37. The van der Waals surface area contributed by atoms with Crippen molar-refractivity contribution >= 4 is 0 Å². The summed E-state index contributed by atoms with van der Waals surface area (Å²) in [6.45, 7) is 4.63. The molecule has 0 fully saturated rings. The molecule has 1 heterocycles. The Balaban J connectivity index is 1.56. The first-order valence-corrected chi connectivity index (χ1v) is 16.4. The van der Waals surface area contributed by atoms with Gasteiger partial charge in [-0.1, -0.05) is 160 Å². The van der Waals surface area contributed by atoms with Gasteiger partial charge in [0.15, 0.2) is 0 Å². The number of imidazole rings is 1. The molecule has 0 aliphatic heterocycles. The molecule has 0 spiro atoms. The highest BCUT2D eigenvalue weighted by Gasteiger charge is 2.26. The third-order valence-electron chi connectivity index (χ3n) is 8.37. The molecule has 0 bridgehead atoms. The molecule has 1 aromatic heterocycles. The highest BCUT2D eigenvalue weighted by molar-refractivity contribution is 5.15. The summed E-state index contributed by atoms with van der Waals surface area (Å²) in [4.78, 5) is 3.31. The maximum Gasteiger partial charge on any atom is 0.241 e. The molecule has 2 rings (SSSR count).